The van der Waals surface area contributed by atoms with Crippen molar-refractivity contribution in [3.63, 3.8) is 0 Å². The van der Waals surface area contributed by atoms with Crippen molar-refractivity contribution in [2.45, 2.75) is 57.4 Å². The maximum atomic E-state index is 11.9. The van der Waals surface area contributed by atoms with Crippen molar-refractivity contribution < 1.29 is 4.79 Å². The Bertz CT molecular complexity index is 505. The quantitative estimate of drug-likeness (QED) is 0.743. The fourth-order valence-electron chi connectivity index (χ4n) is 4.23. The van der Waals surface area contributed by atoms with Gasteiger partial charge in [0.1, 0.15) is 0 Å². The van der Waals surface area contributed by atoms with Gasteiger partial charge in [-0.05, 0) is 63.1 Å². The molecule has 0 atom stereocenters. The summed E-state index contributed by atoms with van der Waals surface area (Å²) in [6.45, 7) is 4.00. The highest BCUT2D eigenvalue weighted by atomic mass is 16.2. The largest absolute Gasteiger partial charge is 0.338 e. The topological polar surface area (TPSA) is 44.4 Å². The van der Waals surface area contributed by atoms with Crippen LogP contribution in [0, 0.1) is 5.92 Å². The summed E-state index contributed by atoms with van der Waals surface area (Å²) in [5, 5.41) is 6.05. The first-order chi connectivity index (χ1) is 12.3. The average molecular weight is 344 g/mol. The van der Waals surface area contributed by atoms with E-state index in [-0.39, 0.29) is 6.03 Å². The first kappa shape index (κ1) is 18.2. The van der Waals surface area contributed by atoms with Gasteiger partial charge in [-0.3, -0.25) is 0 Å². The van der Waals surface area contributed by atoms with Gasteiger partial charge in [0.05, 0.1) is 0 Å². The summed E-state index contributed by atoms with van der Waals surface area (Å²) < 4.78 is 0. The van der Waals surface area contributed by atoms with Crippen molar-refractivity contribution in [1.29, 1.82) is 0 Å². The molecule has 0 bridgehead atoms. The van der Waals surface area contributed by atoms with E-state index in [1.807, 2.05) is 6.07 Å². The second kappa shape index (κ2) is 9.81. The first-order valence-corrected chi connectivity index (χ1v) is 10.1. The molecule has 2 aliphatic rings. The van der Waals surface area contributed by atoms with Gasteiger partial charge >= 0.3 is 6.03 Å². The first-order valence-electron chi connectivity index (χ1n) is 10.1. The molecule has 0 aromatic heterocycles. The molecule has 1 aromatic carbocycles. The van der Waals surface area contributed by atoms with E-state index in [0.717, 1.165) is 32.0 Å². The van der Waals surface area contributed by atoms with Gasteiger partial charge in [0, 0.05) is 19.1 Å². The molecule has 4 nitrogen and oxygen atoms in total. The summed E-state index contributed by atoms with van der Waals surface area (Å²) >= 11 is 0. The number of carbonyl (C=O) groups is 1. The highest BCUT2D eigenvalue weighted by molar-refractivity contribution is 5.73. The Labute approximate surface area is 152 Å². The van der Waals surface area contributed by atoms with Gasteiger partial charge < -0.3 is 15.5 Å². The molecule has 25 heavy (non-hydrogen) atoms. The smallest absolute Gasteiger partial charge is 0.314 e. The van der Waals surface area contributed by atoms with Crippen LogP contribution in [0.3, 0.4) is 0 Å². The lowest BCUT2D eigenvalue weighted by molar-refractivity contribution is 0.134. The molecule has 1 aromatic rings. The molecule has 1 saturated heterocycles. The Hall–Kier alpha value is -1.55. The van der Waals surface area contributed by atoms with Crippen molar-refractivity contribution in [2.75, 3.05) is 26.2 Å². The number of hydrogen-bond acceptors (Lipinski definition) is 2. The number of nitrogens with zero attached hydrogens (tertiary/aromatic N) is 1. The fourth-order valence-corrected chi connectivity index (χ4v) is 4.23. The molecule has 3 rings (SSSR count). The zero-order chi connectivity index (χ0) is 17.3. The molecular weight excluding hydrogens is 310 g/mol. The number of rotatable bonds is 7. The van der Waals surface area contributed by atoms with Crippen molar-refractivity contribution in [2.24, 2.45) is 5.92 Å². The number of hydrogen-bond donors (Lipinski definition) is 2. The summed E-state index contributed by atoms with van der Waals surface area (Å²) in [7, 11) is 0. The maximum Gasteiger partial charge on any atom is 0.314 e. The number of urea groups is 1. The minimum atomic E-state index is -0.00807. The number of likely N-dealkylation sites (tertiary alicyclic amines) is 1. The minimum Gasteiger partial charge on any atom is -0.338 e. The number of carbonyl (C=O) groups excluding carboxylic acids is 1. The minimum absolute atomic E-state index is 0.00807. The number of nitrogens with one attached hydrogen (secondary N) is 2. The van der Waals surface area contributed by atoms with E-state index in [4.69, 9.17) is 0 Å². The molecular formula is C21H33N3O. The molecule has 0 spiro atoms. The molecule has 0 radical (unpaired) electrons. The van der Waals surface area contributed by atoms with Crippen molar-refractivity contribution >= 4 is 6.03 Å². The number of benzene rings is 1. The molecule has 138 valence electrons. The molecule has 2 amide bonds. The third kappa shape index (κ3) is 6.03. The van der Waals surface area contributed by atoms with Gasteiger partial charge in [0.25, 0.3) is 0 Å². The Morgan fingerprint density at radius 2 is 1.72 bits per heavy atom. The summed E-state index contributed by atoms with van der Waals surface area (Å²) in [5.41, 5.74) is 1.33. The van der Waals surface area contributed by atoms with E-state index >= 15 is 0 Å². The van der Waals surface area contributed by atoms with Gasteiger partial charge in [-0.1, -0.05) is 43.2 Å². The summed E-state index contributed by atoms with van der Waals surface area (Å²) in [4.78, 5) is 14.6. The highest BCUT2D eigenvalue weighted by Gasteiger charge is 2.27. The van der Waals surface area contributed by atoms with Crippen LogP contribution in [0.2, 0.25) is 0 Å². The van der Waals surface area contributed by atoms with Crippen LogP contribution in [-0.4, -0.2) is 43.2 Å². The number of amides is 2. The standard InChI is InChI=1S/C21H33N3O/c25-21(22-14-6-9-18-7-2-1-3-8-18)23-17-19-12-15-24(16-13-19)20-10-4-5-11-20/h1-3,7-8,19-20H,4-6,9-17H2,(H2,22,23,25). The molecule has 1 aliphatic carbocycles. The van der Waals surface area contributed by atoms with E-state index < -0.39 is 0 Å². The Balaban J connectivity index is 1.23. The van der Waals surface area contributed by atoms with Crippen LogP contribution in [0.15, 0.2) is 30.3 Å². The monoisotopic (exact) mass is 343 g/mol. The SMILES string of the molecule is O=C(NCCCc1ccccc1)NCC1CCN(C2CCCC2)CC1. The van der Waals surface area contributed by atoms with E-state index in [9.17, 15) is 4.79 Å². The van der Waals surface area contributed by atoms with Crippen molar-refractivity contribution in [3.05, 3.63) is 35.9 Å². The van der Waals surface area contributed by atoms with Gasteiger partial charge in [0.2, 0.25) is 0 Å². The zero-order valence-corrected chi connectivity index (χ0v) is 15.4. The summed E-state index contributed by atoms with van der Waals surface area (Å²) in [5.74, 6) is 0.646. The number of aryl methyl sites for hydroxylation is 1. The van der Waals surface area contributed by atoms with Crippen LogP contribution in [-0.2, 0) is 6.42 Å². The lowest BCUT2D eigenvalue weighted by atomic mass is 9.95. The van der Waals surface area contributed by atoms with Crippen LogP contribution in [0.1, 0.15) is 50.5 Å². The summed E-state index contributed by atoms with van der Waals surface area (Å²) in [6, 6.07) is 11.3. The van der Waals surface area contributed by atoms with Crippen molar-refractivity contribution in [1.82, 2.24) is 15.5 Å². The van der Waals surface area contributed by atoms with E-state index in [2.05, 4.69) is 39.8 Å². The molecule has 1 heterocycles. The summed E-state index contributed by atoms with van der Waals surface area (Å²) in [6.07, 6.45) is 10.1. The van der Waals surface area contributed by atoms with E-state index in [0.29, 0.717) is 5.92 Å². The van der Waals surface area contributed by atoms with Gasteiger partial charge in [-0.15, -0.1) is 0 Å². The third-order valence-electron chi connectivity index (χ3n) is 5.81. The third-order valence-corrected chi connectivity index (χ3v) is 5.81. The number of piperidine rings is 1. The normalized spacial score (nSPS) is 19.8. The lowest BCUT2D eigenvalue weighted by Gasteiger charge is -2.36. The average Bonchev–Trinajstić information content (AvgIpc) is 3.20. The molecule has 1 aliphatic heterocycles. The molecule has 4 heteroatoms. The van der Waals surface area contributed by atoms with E-state index in [1.54, 1.807) is 0 Å². The van der Waals surface area contributed by atoms with Gasteiger partial charge in [0.15, 0.2) is 0 Å². The second-order valence-corrected chi connectivity index (χ2v) is 7.64. The second-order valence-electron chi connectivity index (χ2n) is 7.64. The molecule has 0 unspecified atom stereocenters. The van der Waals surface area contributed by atoms with E-state index in [1.165, 1.54) is 57.2 Å². The van der Waals surface area contributed by atoms with Crippen LogP contribution < -0.4 is 10.6 Å². The van der Waals surface area contributed by atoms with Crippen LogP contribution in [0.5, 0.6) is 0 Å². The molecule has 2 fully saturated rings. The fraction of sp³-hybridized carbons (Fsp3) is 0.667. The van der Waals surface area contributed by atoms with Crippen LogP contribution in [0.4, 0.5) is 4.79 Å². The Kier molecular flexibility index (Phi) is 7.16. The van der Waals surface area contributed by atoms with Gasteiger partial charge in [-0.25, -0.2) is 4.79 Å². The molecule has 1 saturated carbocycles. The molecule has 2 N–H and O–H groups in total. The van der Waals surface area contributed by atoms with Gasteiger partial charge in [-0.2, -0.15) is 0 Å². The predicted molar refractivity (Wildman–Crippen MR) is 103 cm³/mol. The Morgan fingerprint density at radius 1 is 1.00 bits per heavy atom. The van der Waals surface area contributed by atoms with Crippen LogP contribution in [0.25, 0.3) is 0 Å². The predicted octanol–water partition coefficient (Wildman–Crippen LogP) is 3.57. The highest BCUT2D eigenvalue weighted by Crippen LogP contribution is 2.27. The van der Waals surface area contributed by atoms with Crippen molar-refractivity contribution in [3.8, 4) is 0 Å². The van der Waals surface area contributed by atoms with Crippen LogP contribution >= 0.6 is 0 Å². The Morgan fingerprint density at radius 3 is 2.44 bits per heavy atom. The zero-order valence-electron chi connectivity index (χ0n) is 15.4. The lowest BCUT2D eigenvalue weighted by Crippen LogP contribution is -2.44. The maximum absolute atomic E-state index is 11.9.